The van der Waals surface area contributed by atoms with Gasteiger partial charge in [-0.1, -0.05) is 43.0 Å². The molecule has 0 N–H and O–H groups in total. The van der Waals surface area contributed by atoms with Crippen molar-refractivity contribution in [1.82, 2.24) is 0 Å². The largest absolute Gasteiger partial charge is 0.0821 e. The van der Waals surface area contributed by atoms with Crippen LogP contribution in [0.2, 0.25) is 0 Å². The first kappa shape index (κ1) is 12.6. The smallest absolute Gasteiger partial charge is 0.0813 e. The standard InChI is InChI=1S/C20H17/c1-16-9-8-14-19(15-16)20(17-10-4-2-5-11-17)18-12-6-3-7-13-18/h2-14H,1,15H2/q+1. The van der Waals surface area contributed by atoms with Crippen LogP contribution >= 0.6 is 0 Å². The molecule has 0 saturated carbocycles. The molecule has 0 heteroatoms. The van der Waals surface area contributed by atoms with Crippen molar-refractivity contribution in [2.45, 2.75) is 6.42 Å². The lowest BCUT2D eigenvalue weighted by Crippen LogP contribution is -1.99. The SMILES string of the molecule is C=C1C=C[CH+]C(=C(c2ccccc2)c2ccccc2)C1. The summed E-state index contributed by atoms with van der Waals surface area (Å²) in [4.78, 5) is 0. The summed E-state index contributed by atoms with van der Waals surface area (Å²) in [5.74, 6) is 0. The molecule has 1 aliphatic carbocycles. The summed E-state index contributed by atoms with van der Waals surface area (Å²) in [7, 11) is 0. The van der Waals surface area contributed by atoms with E-state index in [-0.39, 0.29) is 0 Å². The molecular weight excluding hydrogens is 240 g/mol. The van der Waals surface area contributed by atoms with Crippen molar-refractivity contribution in [3.63, 3.8) is 0 Å². The molecule has 0 saturated heterocycles. The fourth-order valence-corrected chi connectivity index (χ4v) is 2.58. The average molecular weight is 257 g/mol. The third-order valence-electron chi connectivity index (χ3n) is 3.49. The fourth-order valence-electron chi connectivity index (χ4n) is 2.58. The monoisotopic (exact) mass is 257 g/mol. The second-order valence-electron chi connectivity index (χ2n) is 4.99. The summed E-state index contributed by atoms with van der Waals surface area (Å²) in [6, 6.07) is 21.2. The molecule has 1 aliphatic rings. The van der Waals surface area contributed by atoms with Crippen LogP contribution in [-0.4, -0.2) is 0 Å². The third-order valence-corrected chi connectivity index (χ3v) is 3.49. The van der Waals surface area contributed by atoms with Gasteiger partial charge < -0.3 is 0 Å². The predicted molar refractivity (Wildman–Crippen MR) is 86.1 cm³/mol. The van der Waals surface area contributed by atoms with Crippen molar-refractivity contribution in [1.29, 1.82) is 0 Å². The van der Waals surface area contributed by atoms with E-state index < -0.39 is 0 Å². The van der Waals surface area contributed by atoms with Crippen molar-refractivity contribution in [2.24, 2.45) is 0 Å². The van der Waals surface area contributed by atoms with Crippen LogP contribution in [0.1, 0.15) is 17.5 Å². The quantitative estimate of drug-likeness (QED) is 0.648. The molecule has 20 heavy (non-hydrogen) atoms. The normalized spacial score (nSPS) is 14.0. The summed E-state index contributed by atoms with van der Waals surface area (Å²) >= 11 is 0. The van der Waals surface area contributed by atoms with Crippen LogP contribution in [0, 0.1) is 6.42 Å². The van der Waals surface area contributed by atoms with Gasteiger partial charge >= 0.3 is 0 Å². The van der Waals surface area contributed by atoms with Gasteiger partial charge in [0.05, 0.1) is 11.1 Å². The predicted octanol–water partition coefficient (Wildman–Crippen LogP) is 5.21. The van der Waals surface area contributed by atoms with Gasteiger partial charge in [-0.15, -0.1) is 0 Å². The van der Waals surface area contributed by atoms with E-state index in [1.165, 1.54) is 22.3 Å². The maximum Gasteiger partial charge on any atom is 0.0813 e. The highest BCUT2D eigenvalue weighted by Gasteiger charge is 2.20. The highest BCUT2D eigenvalue weighted by molar-refractivity contribution is 5.84. The molecular formula is C20H17+. The van der Waals surface area contributed by atoms with Gasteiger partial charge in [0.25, 0.3) is 0 Å². The molecule has 96 valence electrons. The Morgan fingerprint density at radius 3 is 1.90 bits per heavy atom. The van der Waals surface area contributed by atoms with Crippen molar-refractivity contribution >= 4 is 5.57 Å². The van der Waals surface area contributed by atoms with Crippen LogP contribution in [0.4, 0.5) is 0 Å². The van der Waals surface area contributed by atoms with Gasteiger partial charge in [0.2, 0.25) is 0 Å². The minimum Gasteiger partial charge on any atom is -0.0821 e. The Hall–Kier alpha value is -2.47. The van der Waals surface area contributed by atoms with Crippen LogP contribution in [0.3, 0.4) is 0 Å². The number of benzene rings is 2. The lowest BCUT2D eigenvalue weighted by atomic mass is 9.86. The summed E-state index contributed by atoms with van der Waals surface area (Å²) < 4.78 is 0. The van der Waals surface area contributed by atoms with E-state index in [0.717, 1.165) is 12.0 Å². The van der Waals surface area contributed by atoms with E-state index in [0.29, 0.717) is 0 Å². The molecule has 2 aromatic carbocycles. The zero-order chi connectivity index (χ0) is 13.8. The van der Waals surface area contributed by atoms with E-state index in [1.807, 2.05) is 0 Å². The first-order chi connectivity index (χ1) is 9.84. The second kappa shape index (κ2) is 5.66. The highest BCUT2D eigenvalue weighted by Crippen LogP contribution is 2.33. The molecule has 0 nitrogen and oxygen atoms in total. The number of allylic oxidation sites excluding steroid dienone is 4. The molecule has 0 radical (unpaired) electrons. The first-order valence-electron chi connectivity index (χ1n) is 6.88. The lowest BCUT2D eigenvalue weighted by molar-refractivity contribution is 1.16. The maximum atomic E-state index is 4.09. The minimum atomic E-state index is 0.912. The summed E-state index contributed by atoms with van der Waals surface area (Å²) in [5.41, 5.74) is 6.31. The molecule has 3 rings (SSSR count). The molecule has 2 aromatic rings. The van der Waals surface area contributed by atoms with Gasteiger partial charge in [0, 0.05) is 41.7 Å². The summed E-state index contributed by atoms with van der Waals surface area (Å²) in [6.07, 6.45) is 7.28. The Bertz CT molecular complexity index is 616. The molecule has 0 amide bonds. The van der Waals surface area contributed by atoms with E-state index in [1.54, 1.807) is 0 Å². The third kappa shape index (κ3) is 2.60. The molecule has 0 atom stereocenters. The minimum absolute atomic E-state index is 0.912. The van der Waals surface area contributed by atoms with Gasteiger partial charge in [-0.3, -0.25) is 0 Å². The Morgan fingerprint density at radius 1 is 0.850 bits per heavy atom. The van der Waals surface area contributed by atoms with Crippen LogP contribution < -0.4 is 0 Å². The highest BCUT2D eigenvalue weighted by atomic mass is 14.2. The molecule has 0 heterocycles. The molecule has 0 bridgehead atoms. The Labute approximate surface area is 120 Å². The molecule has 0 spiro atoms. The Balaban J connectivity index is 2.17. The summed E-state index contributed by atoms with van der Waals surface area (Å²) in [6.45, 7) is 4.09. The van der Waals surface area contributed by atoms with Crippen LogP contribution in [0.5, 0.6) is 0 Å². The number of hydrogen-bond acceptors (Lipinski definition) is 0. The van der Waals surface area contributed by atoms with Crippen molar-refractivity contribution in [3.05, 3.63) is 108 Å². The molecule has 0 aromatic heterocycles. The first-order valence-corrected chi connectivity index (χ1v) is 6.88. The Kier molecular flexibility index (Phi) is 3.56. The lowest BCUT2D eigenvalue weighted by Gasteiger charge is -2.11. The Morgan fingerprint density at radius 2 is 1.40 bits per heavy atom. The molecule has 0 unspecified atom stereocenters. The van der Waals surface area contributed by atoms with Gasteiger partial charge in [0.15, 0.2) is 0 Å². The van der Waals surface area contributed by atoms with Gasteiger partial charge in [-0.05, 0) is 24.3 Å². The van der Waals surface area contributed by atoms with E-state index in [9.17, 15) is 0 Å². The summed E-state index contributed by atoms with van der Waals surface area (Å²) in [5, 5.41) is 0. The second-order valence-corrected chi connectivity index (χ2v) is 4.99. The van der Waals surface area contributed by atoms with Gasteiger partial charge in [-0.25, -0.2) is 0 Å². The zero-order valence-corrected chi connectivity index (χ0v) is 11.4. The van der Waals surface area contributed by atoms with Gasteiger partial charge in [-0.2, -0.15) is 0 Å². The van der Waals surface area contributed by atoms with Crippen molar-refractivity contribution in [2.75, 3.05) is 0 Å². The van der Waals surface area contributed by atoms with Gasteiger partial charge in [0.1, 0.15) is 0 Å². The fraction of sp³-hybridized carbons (Fsp3) is 0.0500. The zero-order valence-electron chi connectivity index (χ0n) is 11.4. The van der Waals surface area contributed by atoms with Crippen molar-refractivity contribution < 1.29 is 0 Å². The maximum absolute atomic E-state index is 4.09. The van der Waals surface area contributed by atoms with Crippen LogP contribution in [0.25, 0.3) is 5.57 Å². The number of rotatable bonds is 2. The molecule has 0 fully saturated rings. The number of hydrogen-bond donors (Lipinski definition) is 0. The van der Waals surface area contributed by atoms with E-state index >= 15 is 0 Å². The topological polar surface area (TPSA) is 0 Å². The van der Waals surface area contributed by atoms with Crippen molar-refractivity contribution in [3.8, 4) is 0 Å². The van der Waals surface area contributed by atoms with Crippen LogP contribution in [0.15, 0.2) is 90.5 Å². The molecule has 0 aliphatic heterocycles. The van der Waals surface area contributed by atoms with E-state index in [2.05, 4.69) is 85.8 Å². The van der Waals surface area contributed by atoms with Crippen LogP contribution in [-0.2, 0) is 0 Å². The van der Waals surface area contributed by atoms with E-state index in [4.69, 9.17) is 0 Å². The average Bonchev–Trinajstić information content (AvgIpc) is 2.50.